The van der Waals surface area contributed by atoms with Crippen molar-refractivity contribution in [3.63, 3.8) is 0 Å². The van der Waals surface area contributed by atoms with Gasteiger partial charge in [-0.2, -0.15) is 0 Å². The van der Waals surface area contributed by atoms with Crippen LogP contribution >= 0.6 is 0 Å². The minimum absolute atomic E-state index is 0.0127. The van der Waals surface area contributed by atoms with E-state index in [4.69, 9.17) is 0 Å². The Bertz CT molecular complexity index is 801. The van der Waals surface area contributed by atoms with Crippen LogP contribution in [0.25, 0.3) is 10.9 Å². The summed E-state index contributed by atoms with van der Waals surface area (Å²) in [6, 6.07) is 17.5. The predicted octanol–water partition coefficient (Wildman–Crippen LogP) is 3.56. The highest BCUT2D eigenvalue weighted by atomic mass is 19.1. The monoisotopic (exact) mass is 280 g/mol. The van der Waals surface area contributed by atoms with Crippen LogP contribution in [0.15, 0.2) is 60.7 Å². The minimum atomic E-state index is -0.376. The molecule has 1 amide bonds. The lowest BCUT2D eigenvalue weighted by Crippen LogP contribution is -2.16. The number of carbonyl (C=O) groups is 1. The molecule has 1 N–H and O–H groups in total. The van der Waals surface area contributed by atoms with Gasteiger partial charge in [0.15, 0.2) is 0 Å². The first kappa shape index (κ1) is 13.2. The van der Waals surface area contributed by atoms with Crippen molar-refractivity contribution in [2.45, 2.75) is 6.42 Å². The number of hydrogen-bond acceptors (Lipinski definition) is 2. The van der Waals surface area contributed by atoms with Crippen molar-refractivity contribution in [3.05, 3.63) is 72.0 Å². The summed E-state index contributed by atoms with van der Waals surface area (Å²) in [6.45, 7) is 0. The van der Waals surface area contributed by atoms with Gasteiger partial charge < -0.3 is 5.32 Å². The first-order valence-corrected chi connectivity index (χ1v) is 6.61. The maximum Gasteiger partial charge on any atom is 0.230 e. The molecule has 0 atom stereocenters. The number of anilines is 1. The summed E-state index contributed by atoms with van der Waals surface area (Å²) < 4.78 is 13.5. The average molecular weight is 280 g/mol. The Morgan fingerprint density at radius 3 is 2.62 bits per heavy atom. The zero-order valence-corrected chi connectivity index (χ0v) is 11.2. The van der Waals surface area contributed by atoms with Crippen LogP contribution in [0.1, 0.15) is 5.56 Å². The fraction of sp³-hybridized carbons (Fsp3) is 0.0588. The van der Waals surface area contributed by atoms with Crippen molar-refractivity contribution in [1.82, 2.24) is 4.98 Å². The van der Waals surface area contributed by atoms with Gasteiger partial charge in [-0.05, 0) is 29.8 Å². The fourth-order valence-electron chi connectivity index (χ4n) is 2.14. The van der Waals surface area contributed by atoms with Crippen LogP contribution in [0.4, 0.5) is 10.2 Å². The summed E-state index contributed by atoms with van der Waals surface area (Å²) in [5.41, 5.74) is 1.18. The number of hydrogen-bond donors (Lipinski definition) is 1. The molecule has 21 heavy (non-hydrogen) atoms. The lowest BCUT2D eigenvalue weighted by atomic mass is 10.1. The molecule has 0 saturated carbocycles. The minimum Gasteiger partial charge on any atom is -0.310 e. The normalized spacial score (nSPS) is 10.5. The Kier molecular flexibility index (Phi) is 3.60. The van der Waals surface area contributed by atoms with Gasteiger partial charge in [-0.1, -0.05) is 36.4 Å². The molecular weight excluding hydrogens is 267 g/mol. The molecule has 2 aromatic carbocycles. The number of rotatable bonds is 3. The molecule has 1 aromatic heterocycles. The molecule has 104 valence electrons. The summed E-state index contributed by atoms with van der Waals surface area (Å²) in [5, 5.41) is 3.70. The summed E-state index contributed by atoms with van der Waals surface area (Å²) >= 11 is 0. The van der Waals surface area contributed by atoms with Crippen molar-refractivity contribution in [1.29, 1.82) is 0 Å². The quantitative estimate of drug-likeness (QED) is 0.797. The molecule has 0 aliphatic heterocycles. The van der Waals surface area contributed by atoms with E-state index in [0.717, 1.165) is 10.9 Å². The van der Waals surface area contributed by atoms with Crippen molar-refractivity contribution in [2.75, 3.05) is 5.32 Å². The zero-order valence-electron chi connectivity index (χ0n) is 11.2. The zero-order chi connectivity index (χ0) is 14.7. The maximum absolute atomic E-state index is 13.5. The summed E-state index contributed by atoms with van der Waals surface area (Å²) in [6.07, 6.45) is -0.0127. The van der Waals surface area contributed by atoms with Gasteiger partial charge in [0.2, 0.25) is 5.91 Å². The van der Waals surface area contributed by atoms with Crippen LogP contribution in [0.5, 0.6) is 0 Å². The molecular formula is C17H13FN2O. The SMILES string of the molecule is O=C(Cc1ccccc1F)Nc1ccc2ccccc2n1. The van der Waals surface area contributed by atoms with Crippen LogP contribution in [-0.2, 0) is 11.2 Å². The predicted molar refractivity (Wildman–Crippen MR) is 80.5 cm³/mol. The number of halogens is 1. The highest BCUT2D eigenvalue weighted by Crippen LogP contribution is 2.15. The van der Waals surface area contributed by atoms with E-state index in [1.165, 1.54) is 6.07 Å². The molecule has 0 saturated heterocycles. The molecule has 0 spiro atoms. The number of nitrogens with zero attached hydrogens (tertiary/aromatic N) is 1. The van der Waals surface area contributed by atoms with E-state index in [-0.39, 0.29) is 18.1 Å². The third-order valence-electron chi connectivity index (χ3n) is 3.17. The summed E-state index contributed by atoms with van der Waals surface area (Å²) in [4.78, 5) is 16.3. The Morgan fingerprint density at radius 1 is 1.00 bits per heavy atom. The number of benzene rings is 2. The van der Waals surface area contributed by atoms with Crippen molar-refractivity contribution >= 4 is 22.6 Å². The van der Waals surface area contributed by atoms with Gasteiger partial charge in [0.05, 0.1) is 11.9 Å². The first-order valence-electron chi connectivity index (χ1n) is 6.61. The van der Waals surface area contributed by atoms with Crippen molar-refractivity contribution in [3.8, 4) is 0 Å². The van der Waals surface area contributed by atoms with Gasteiger partial charge in [0.1, 0.15) is 11.6 Å². The van der Waals surface area contributed by atoms with Gasteiger partial charge in [-0.15, -0.1) is 0 Å². The van der Waals surface area contributed by atoms with Crippen LogP contribution < -0.4 is 5.32 Å². The van der Waals surface area contributed by atoms with Crippen LogP contribution in [0, 0.1) is 5.82 Å². The standard InChI is InChI=1S/C17H13FN2O/c18-14-7-3-1-6-13(14)11-17(21)20-16-10-9-12-5-2-4-8-15(12)19-16/h1-10H,11H2,(H,19,20,21). The number of fused-ring (bicyclic) bond motifs is 1. The van der Waals surface area contributed by atoms with E-state index in [1.54, 1.807) is 24.3 Å². The van der Waals surface area contributed by atoms with Gasteiger partial charge >= 0.3 is 0 Å². The van der Waals surface area contributed by atoms with E-state index in [0.29, 0.717) is 11.4 Å². The molecule has 0 unspecified atom stereocenters. The highest BCUT2D eigenvalue weighted by Gasteiger charge is 2.08. The third kappa shape index (κ3) is 3.05. The average Bonchev–Trinajstić information content (AvgIpc) is 2.49. The molecule has 3 aromatic rings. The molecule has 0 radical (unpaired) electrons. The van der Waals surface area contributed by atoms with E-state index < -0.39 is 0 Å². The van der Waals surface area contributed by atoms with E-state index >= 15 is 0 Å². The second-order valence-electron chi connectivity index (χ2n) is 4.71. The van der Waals surface area contributed by atoms with Crippen LogP contribution in [0.3, 0.4) is 0 Å². The molecule has 0 aliphatic carbocycles. The van der Waals surface area contributed by atoms with Crippen molar-refractivity contribution < 1.29 is 9.18 Å². The molecule has 0 fully saturated rings. The second kappa shape index (κ2) is 5.71. The van der Waals surface area contributed by atoms with Gasteiger partial charge in [0.25, 0.3) is 0 Å². The molecule has 0 aliphatic rings. The number of nitrogens with one attached hydrogen (secondary N) is 1. The van der Waals surface area contributed by atoms with E-state index in [1.807, 2.05) is 30.3 Å². The summed E-state index contributed by atoms with van der Waals surface area (Å²) in [5.74, 6) is -0.197. The first-order chi connectivity index (χ1) is 10.2. The third-order valence-corrected chi connectivity index (χ3v) is 3.17. The molecule has 0 bridgehead atoms. The molecule has 3 rings (SSSR count). The smallest absolute Gasteiger partial charge is 0.230 e. The van der Waals surface area contributed by atoms with Gasteiger partial charge in [-0.3, -0.25) is 4.79 Å². The Hall–Kier alpha value is -2.75. The second-order valence-corrected chi connectivity index (χ2v) is 4.71. The largest absolute Gasteiger partial charge is 0.310 e. The fourth-order valence-corrected chi connectivity index (χ4v) is 2.14. The highest BCUT2D eigenvalue weighted by molar-refractivity contribution is 5.92. The van der Waals surface area contributed by atoms with Gasteiger partial charge in [-0.25, -0.2) is 9.37 Å². The lowest BCUT2D eigenvalue weighted by Gasteiger charge is -2.06. The molecule has 1 heterocycles. The Labute approximate surface area is 121 Å². The van der Waals surface area contributed by atoms with Gasteiger partial charge in [0, 0.05) is 5.39 Å². The van der Waals surface area contributed by atoms with E-state index in [2.05, 4.69) is 10.3 Å². The van der Waals surface area contributed by atoms with Crippen LogP contribution in [0.2, 0.25) is 0 Å². The number of carbonyl (C=O) groups excluding carboxylic acids is 1. The Balaban J connectivity index is 1.75. The number of aromatic nitrogens is 1. The Morgan fingerprint density at radius 2 is 1.76 bits per heavy atom. The topological polar surface area (TPSA) is 42.0 Å². The van der Waals surface area contributed by atoms with Crippen molar-refractivity contribution in [2.24, 2.45) is 0 Å². The molecule has 3 nitrogen and oxygen atoms in total. The lowest BCUT2D eigenvalue weighted by molar-refractivity contribution is -0.115. The number of amides is 1. The maximum atomic E-state index is 13.5. The van der Waals surface area contributed by atoms with Crippen LogP contribution in [-0.4, -0.2) is 10.9 Å². The summed E-state index contributed by atoms with van der Waals surface area (Å²) in [7, 11) is 0. The number of para-hydroxylation sites is 1. The molecule has 4 heteroatoms. The van der Waals surface area contributed by atoms with E-state index in [9.17, 15) is 9.18 Å². The number of pyridine rings is 1.